The number of amides is 2. The number of carboxylic acid groups (broad SMARTS) is 1. The van der Waals surface area contributed by atoms with Crippen LogP contribution < -0.4 is 0 Å². The third kappa shape index (κ3) is 5.46. The number of nitrogens with zero attached hydrogens (tertiary/aromatic N) is 2. The first-order valence-corrected chi connectivity index (χ1v) is 6.66. The molecule has 6 heteroatoms. The standard InChI is InChI=1S/C13H26N2O4/c1-6-14(10(3)8-12(16)17)13(18)15(7-2)11(4)9-19-5/h10-11H,6-9H2,1-5H3,(H,16,17). The minimum atomic E-state index is -0.897. The van der Waals surface area contributed by atoms with Gasteiger partial charge in [0.05, 0.1) is 19.1 Å². The van der Waals surface area contributed by atoms with E-state index in [1.807, 2.05) is 20.8 Å². The number of methoxy groups -OCH3 is 1. The summed E-state index contributed by atoms with van der Waals surface area (Å²) in [5.74, 6) is -0.897. The Morgan fingerprint density at radius 1 is 1.11 bits per heavy atom. The second-order valence-electron chi connectivity index (χ2n) is 4.61. The molecule has 0 saturated heterocycles. The van der Waals surface area contributed by atoms with Gasteiger partial charge < -0.3 is 19.6 Å². The van der Waals surface area contributed by atoms with Crippen LogP contribution in [0.15, 0.2) is 0 Å². The fourth-order valence-electron chi connectivity index (χ4n) is 2.13. The van der Waals surface area contributed by atoms with E-state index in [1.54, 1.807) is 23.8 Å². The van der Waals surface area contributed by atoms with E-state index in [1.165, 1.54) is 0 Å². The van der Waals surface area contributed by atoms with E-state index in [-0.39, 0.29) is 24.5 Å². The molecule has 0 fully saturated rings. The Morgan fingerprint density at radius 3 is 1.95 bits per heavy atom. The van der Waals surface area contributed by atoms with Crippen molar-refractivity contribution < 1.29 is 19.4 Å². The maximum atomic E-state index is 12.4. The number of urea groups is 1. The Kier molecular flexibility index (Phi) is 8.14. The monoisotopic (exact) mass is 274 g/mol. The molecular formula is C13H26N2O4. The number of likely N-dealkylation sites (N-methyl/N-ethyl adjacent to an activating group) is 1. The first-order valence-electron chi connectivity index (χ1n) is 6.66. The Hall–Kier alpha value is -1.30. The summed E-state index contributed by atoms with van der Waals surface area (Å²) in [6.07, 6.45) is -0.0458. The van der Waals surface area contributed by atoms with Crippen molar-refractivity contribution in [2.75, 3.05) is 26.8 Å². The van der Waals surface area contributed by atoms with Gasteiger partial charge in [-0.1, -0.05) is 0 Å². The van der Waals surface area contributed by atoms with Crippen LogP contribution in [0.5, 0.6) is 0 Å². The molecule has 0 radical (unpaired) electrons. The highest BCUT2D eigenvalue weighted by Gasteiger charge is 2.27. The molecule has 0 aliphatic heterocycles. The van der Waals surface area contributed by atoms with Crippen LogP contribution in [0.2, 0.25) is 0 Å². The van der Waals surface area contributed by atoms with Crippen LogP contribution >= 0.6 is 0 Å². The SMILES string of the molecule is CCN(C(=O)N(CC)C(C)CC(=O)O)C(C)COC. The molecule has 0 saturated carbocycles. The largest absolute Gasteiger partial charge is 0.481 e. The van der Waals surface area contributed by atoms with Gasteiger partial charge in [-0.2, -0.15) is 0 Å². The van der Waals surface area contributed by atoms with Crippen molar-refractivity contribution in [2.24, 2.45) is 0 Å². The summed E-state index contributed by atoms with van der Waals surface area (Å²) in [4.78, 5) is 26.5. The summed E-state index contributed by atoms with van der Waals surface area (Å²) in [5, 5.41) is 8.83. The lowest BCUT2D eigenvalue weighted by molar-refractivity contribution is -0.138. The average molecular weight is 274 g/mol. The van der Waals surface area contributed by atoms with Gasteiger partial charge in [-0.05, 0) is 27.7 Å². The maximum Gasteiger partial charge on any atom is 0.320 e. The number of carbonyl (C=O) groups is 2. The quantitative estimate of drug-likeness (QED) is 0.730. The molecule has 0 bridgehead atoms. The van der Waals surface area contributed by atoms with Gasteiger partial charge in [-0.25, -0.2) is 4.79 Å². The minimum absolute atomic E-state index is 0.0337. The summed E-state index contributed by atoms with van der Waals surface area (Å²) >= 11 is 0. The second kappa shape index (κ2) is 8.74. The fourth-order valence-corrected chi connectivity index (χ4v) is 2.13. The average Bonchev–Trinajstić information content (AvgIpc) is 2.30. The lowest BCUT2D eigenvalue weighted by Crippen LogP contribution is -2.51. The minimum Gasteiger partial charge on any atom is -0.481 e. The highest BCUT2D eigenvalue weighted by molar-refractivity contribution is 5.76. The summed E-state index contributed by atoms with van der Waals surface area (Å²) < 4.78 is 5.07. The van der Waals surface area contributed by atoms with E-state index in [0.29, 0.717) is 19.7 Å². The molecule has 0 aliphatic carbocycles. The second-order valence-corrected chi connectivity index (χ2v) is 4.61. The van der Waals surface area contributed by atoms with Gasteiger partial charge >= 0.3 is 12.0 Å². The summed E-state index contributed by atoms with van der Waals surface area (Å²) in [6.45, 7) is 8.95. The summed E-state index contributed by atoms with van der Waals surface area (Å²) in [6, 6.07) is -0.490. The van der Waals surface area contributed by atoms with Crippen LogP contribution in [0.25, 0.3) is 0 Å². The lowest BCUT2D eigenvalue weighted by Gasteiger charge is -2.35. The Balaban J connectivity index is 4.83. The number of carbonyl (C=O) groups excluding carboxylic acids is 1. The van der Waals surface area contributed by atoms with Crippen molar-refractivity contribution in [3.63, 3.8) is 0 Å². The van der Waals surface area contributed by atoms with Gasteiger partial charge in [0.1, 0.15) is 0 Å². The molecule has 0 spiro atoms. The first-order chi connectivity index (χ1) is 8.88. The molecule has 0 aromatic rings. The molecule has 2 atom stereocenters. The Bertz CT molecular complexity index is 296. The first kappa shape index (κ1) is 17.7. The molecule has 112 valence electrons. The molecule has 0 aliphatic rings. The summed E-state index contributed by atoms with van der Waals surface area (Å²) in [5.41, 5.74) is 0. The molecule has 2 unspecified atom stereocenters. The van der Waals surface area contributed by atoms with Gasteiger partial charge in [0, 0.05) is 26.2 Å². The number of carboxylic acids is 1. The lowest BCUT2D eigenvalue weighted by atomic mass is 10.2. The van der Waals surface area contributed by atoms with Gasteiger partial charge in [0.25, 0.3) is 0 Å². The van der Waals surface area contributed by atoms with Crippen molar-refractivity contribution in [1.82, 2.24) is 9.80 Å². The predicted molar refractivity (Wildman–Crippen MR) is 73.2 cm³/mol. The molecule has 0 rings (SSSR count). The van der Waals surface area contributed by atoms with E-state index < -0.39 is 5.97 Å². The highest BCUT2D eigenvalue weighted by atomic mass is 16.5. The Labute approximate surface area is 115 Å². The van der Waals surface area contributed by atoms with Crippen molar-refractivity contribution in [2.45, 2.75) is 46.2 Å². The van der Waals surface area contributed by atoms with E-state index in [0.717, 1.165) is 0 Å². The van der Waals surface area contributed by atoms with Crippen molar-refractivity contribution >= 4 is 12.0 Å². The highest BCUT2D eigenvalue weighted by Crippen LogP contribution is 2.11. The normalized spacial score (nSPS) is 13.7. The zero-order valence-electron chi connectivity index (χ0n) is 12.5. The smallest absolute Gasteiger partial charge is 0.320 e. The molecular weight excluding hydrogens is 248 g/mol. The van der Waals surface area contributed by atoms with E-state index in [4.69, 9.17) is 9.84 Å². The number of aliphatic carboxylic acids is 1. The maximum absolute atomic E-state index is 12.4. The van der Waals surface area contributed by atoms with E-state index in [9.17, 15) is 9.59 Å². The molecule has 0 aromatic carbocycles. The topological polar surface area (TPSA) is 70.1 Å². The number of hydrogen-bond acceptors (Lipinski definition) is 3. The zero-order chi connectivity index (χ0) is 15.0. The van der Waals surface area contributed by atoms with Crippen LogP contribution in [0.1, 0.15) is 34.1 Å². The van der Waals surface area contributed by atoms with Gasteiger partial charge in [0.2, 0.25) is 0 Å². The van der Waals surface area contributed by atoms with Crippen LogP contribution in [-0.2, 0) is 9.53 Å². The summed E-state index contributed by atoms with van der Waals surface area (Å²) in [7, 11) is 1.60. The van der Waals surface area contributed by atoms with Crippen LogP contribution in [-0.4, -0.2) is 65.8 Å². The van der Waals surface area contributed by atoms with Crippen molar-refractivity contribution in [3.05, 3.63) is 0 Å². The predicted octanol–water partition coefficient (Wildman–Crippen LogP) is 1.65. The van der Waals surface area contributed by atoms with Crippen LogP contribution in [0.3, 0.4) is 0 Å². The van der Waals surface area contributed by atoms with Crippen LogP contribution in [0.4, 0.5) is 4.79 Å². The molecule has 1 N–H and O–H groups in total. The van der Waals surface area contributed by atoms with Gasteiger partial charge in [-0.3, -0.25) is 4.79 Å². The molecule has 19 heavy (non-hydrogen) atoms. The molecule has 2 amide bonds. The third-order valence-corrected chi connectivity index (χ3v) is 3.11. The fraction of sp³-hybridized carbons (Fsp3) is 0.846. The molecule has 0 heterocycles. The molecule has 0 aromatic heterocycles. The van der Waals surface area contributed by atoms with Crippen LogP contribution in [0, 0.1) is 0 Å². The van der Waals surface area contributed by atoms with Crippen molar-refractivity contribution in [1.29, 1.82) is 0 Å². The third-order valence-electron chi connectivity index (χ3n) is 3.11. The number of ether oxygens (including phenoxy) is 1. The van der Waals surface area contributed by atoms with E-state index in [2.05, 4.69) is 0 Å². The number of rotatable bonds is 8. The number of hydrogen-bond donors (Lipinski definition) is 1. The Morgan fingerprint density at radius 2 is 1.58 bits per heavy atom. The van der Waals surface area contributed by atoms with Crippen molar-refractivity contribution in [3.8, 4) is 0 Å². The van der Waals surface area contributed by atoms with E-state index >= 15 is 0 Å². The molecule has 6 nitrogen and oxygen atoms in total. The van der Waals surface area contributed by atoms with Gasteiger partial charge in [-0.15, -0.1) is 0 Å². The zero-order valence-corrected chi connectivity index (χ0v) is 12.5. The van der Waals surface area contributed by atoms with Gasteiger partial charge in [0.15, 0.2) is 0 Å².